The fourth-order valence-electron chi connectivity index (χ4n) is 2.53. The summed E-state index contributed by atoms with van der Waals surface area (Å²) in [5.74, 6) is -1.47. The van der Waals surface area contributed by atoms with Gasteiger partial charge >= 0.3 is 5.97 Å². The Balaban J connectivity index is 2.09. The molecular formula is C15H21NO6S. The Morgan fingerprint density at radius 1 is 1.43 bits per heavy atom. The highest BCUT2D eigenvalue weighted by atomic mass is 32.2. The van der Waals surface area contributed by atoms with Crippen LogP contribution in [0.3, 0.4) is 0 Å². The molecule has 1 N–H and O–H groups in total. The van der Waals surface area contributed by atoms with Gasteiger partial charge in [0.25, 0.3) is 0 Å². The maximum atomic E-state index is 12.6. The molecule has 1 aromatic rings. The van der Waals surface area contributed by atoms with Gasteiger partial charge in [-0.3, -0.25) is 4.79 Å². The van der Waals surface area contributed by atoms with Gasteiger partial charge in [-0.15, -0.1) is 0 Å². The summed E-state index contributed by atoms with van der Waals surface area (Å²) in [5, 5.41) is 9.18. The number of hydrogen-bond acceptors (Lipinski definition) is 5. The fraction of sp³-hybridized carbons (Fsp3) is 0.533. The highest BCUT2D eigenvalue weighted by Gasteiger charge is 2.38. The maximum Gasteiger partial charge on any atom is 0.324 e. The second kappa shape index (κ2) is 7.87. The average molecular weight is 343 g/mol. The number of carboxylic acid groups (broad SMARTS) is 1. The molecule has 0 bridgehead atoms. The van der Waals surface area contributed by atoms with Crippen molar-refractivity contribution in [3.8, 4) is 0 Å². The summed E-state index contributed by atoms with van der Waals surface area (Å²) in [4.78, 5) is 11.2. The van der Waals surface area contributed by atoms with Crippen molar-refractivity contribution in [3.05, 3.63) is 35.9 Å². The summed E-state index contributed by atoms with van der Waals surface area (Å²) in [6, 6.07) is 8.24. The molecule has 1 heterocycles. The molecule has 1 aromatic carbocycles. The quantitative estimate of drug-likeness (QED) is 0.768. The van der Waals surface area contributed by atoms with Crippen LogP contribution in [0.1, 0.15) is 5.56 Å². The van der Waals surface area contributed by atoms with Gasteiger partial charge in [0.15, 0.2) is 0 Å². The Morgan fingerprint density at radius 2 is 2.13 bits per heavy atom. The lowest BCUT2D eigenvalue weighted by Gasteiger charge is -2.32. The van der Waals surface area contributed by atoms with Crippen molar-refractivity contribution in [1.29, 1.82) is 0 Å². The maximum absolute atomic E-state index is 12.6. The lowest BCUT2D eigenvalue weighted by Crippen LogP contribution is -2.54. The molecule has 2 unspecified atom stereocenters. The number of sulfonamides is 1. The smallest absolute Gasteiger partial charge is 0.324 e. The van der Waals surface area contributed by atoms with Crippen LogP contribution in [0, 0.1) is 0 Å². The zero-order chi connectivity index (χ0) is 16.9. The predicted molar refractivity (Wildman–Crippen MR) is 83.7 cm³/mol. The van der Waals surface area contributed by atoms with Gasteiger partial charge in [0.2, 0.25) is 10.0 Å². The number of ether oxygens (including phenoxy) is 2. The highest BCUT2D eigenvalue weighted by Crippen LogP contribution is 2.16. The Bertz CT molecular complexity index is 618. The summed E-state index contributed by atoms with van der Waals surface area (Å²) in [6.07, 6.45) is -0.0989. The van der Waals surface area contributed by atoms with E-state index in [4.69, 9.17) is 9.47 Å². The molecule has 1 aliphatic heterocycles. The second-order valence-corrected chi connectivity index (χ2v) is 7.33. The number of hydrogen-bond donors (Lipinski definition) is 1. The third-order valence-corrected chi connectivity index (χ3v) is 5.70. The number of carbonyl (C=O) groups is 1. The zero-order valence-electron chi connectivity index (χ0n) is 12.9. The van der Waals surface area contributed by atoms with Crippen molar-refractivity contribution in [2.24, 2.45) is 0 Å². The van der Waals surface area contributed by atoms with Crippen LogP contribution in [0.15, 0.2) is 30.3 Å². The van der Waals surface area contributed by atoms with Crippen LogP contribution in [0.25, 0.3) is 0 Å². The number of carboxylic acids is 1. The molecule has 0 saturated carbocycles. The molecule has 1 saturated heterocycles. The van der Waals surface area contributed by atoms with E-state index in [1.54, 1.807) is 0 Å². The van der Waals surface area contributed by atoms with Gasteiger partial charge in [-0.05, 0) is 12.0 Å². The number of benzene rings is 1. The third-order valence-electron chi connectivity index (χ3n) is 3.76. The summed E-state index contributed by atoms with van der Waals surface area (Å²) in [6.45, 7) is 0.102. The van der Waals surface area contributed by atoms with Gasteiger partial charge in [0.05, 0.1) is 25.1 Å². The molecule has 7 nitrogen and oxygen atoms in total. The number of rotatable bonds is 7. The number of morpholine rings is 1. The first-order chi connectivity index (χ1) is 10.9. The second-order valence-electron chi connectivity index (χ2n) is 5.37. The van der Waals surface area contributed by atoms with E-state index in [1.165, 1.54) is 7.11 Å². The van der Waals surface area contributed by atoms with Gasteiger partial charge in [-0.25, -0.2) is 8.42 Å². The van der Waals surface area contributed by atoms with E-state index in [0.717, 1.165) is 9.87 Å². The molecule has 1 aliphatic rings. The summed E-state index contributed by atoms with van der Waals surface area (Å²) >= 11 is 0. The van der Waals surface area contributed by atoms with E-state index in [9.17, 15) is 18.3 Å². The number of nitrogens with zero attached hydrogens (tertiary/aromatic N) is 1. The first-order valence-corrected chi connectivity index (χ1v) is 8.91. The van der Waals surface area contributed by atoms with Crippen LogP contribution in [0.4, 0.5) is 0 Å². The van der Waals surface area contributed by atoms with Gasteiger partial charge in [-0.2, -0.15) is 4.31 Å². The van der Waals surface area contributed by atoms with Crippen molar-refractivity contribution >= 4 is 16.0 Å². The molecule has 23 heavy (non-hydrogen) atoms. The van der Waals surface area contributed by atoms with E-state index in [2.05, 4.69) is 0 Å². The molecule has 2 rings (SSSR count). The SMILES string of the molecule is COC(Cc1ccccc1)CS(=O)(=O)N1CCOCC1C(=O)O. The largest absolute Gasteiger partial charge is 0.480 e. The fourth-order valence-corrected chi connectivity index (χ4v) is 4.34. The first-order valence-electron chi connectivity index (χ1n) is 7.31. The molecule has 0 aliphatic carbocycles. The van der Waals surface area contributed by atoms with Crippen molar-refractivity contribution in [2.75, 3.05) is 32.6 Å². The van der Waals surface area contributed by atoms with Gasteiger partial charge in [0.1, 0.15) is 6.04 Å². The predicted octanol–water partition coefficient (Wildman–Crippen LogP) is 0.359. The van der Waals surface area contributed by atoms with Gasteiger partial charge in [-0.1, -0.05) is 30.3 Å². The number of aliphatic carboxylic acids is 1. The van der Waals surface area contributed by atoms with Crippen molar-refractivity contribution in [2.45, 2.75) is 18.6 Å². The molecule has 2 atom stereocenters. The lowest BCUT2D eigenvalue weighted by molar-refractivity contribution is -0.146. The van der Waals surface area contributed by atoms with Crippen molar-refractivity contribution in [3.63, 3.8) is 0 Å². The van der Waals surface area contributed by atoms with Crippen molar-refractivity contribution in [1.82, 2.24) is 4.31 Å². The molecule has 0 amide bonds. The van der Waals surface area contributed by atoms with Crippen LogP contribution in [-0.4, -0.2) is 68.6 Å². The molecular weight excluding hydrogens is 322 g/mol. The van der Waals surface area contributed by atoms with Crippen LogP contribution in [-0.2, 0) is 30.7 Å². The standard InChI is InChI=1S/C15H21NO6S/c1-21-13(9-12-5-3-2-4-6-12)11-23(19,20)16-7-8-22-10-14(16)15(17)18/h2-6,13-14H,7-11H2,1H3,(H,17,18). The minimum atomic E-state index is -3.76. The summed E-state index contributed by atoms with van der Waals surface area (Å²) in [7, 11) is -2.31. The third kappa shape index (κ3) is 4.74. The highest BCUT2D eigenvalue weighted by molar-refractivity contribution is 7.89. The van der Waals surface area contributed by atoms with E-state index in [-0.39, 0.29) is 25.5 Å². The topological polar surface area (TPSA) is 93.1 Å². The molecule has 128 valence electrons. The summed E-state index contributed by atoms with van der Waals surface area (Å²) < 4.78 is 36.6. The normalized spacial score (nSPS) is 21.0. The van der Waals surface area contributed by atoms with E-state index >= 15 is 0 Å². The first kappa shape index (κ1) is 17.9. The average Bonchev–Trinajstić information content (AvgIpc) is 2.55. The minimum Gasteiger partial charge on any atom is -0.480 e. The van der Waals surface area contributed by atoms with Crippen molar-refractivity contribution < 1.29 is 27.8 Å². The Hall–Kier alpha value is -1.48. The molecule has 0 spiro atoms. The van der Waals surface area contributed by atoms with Gasteiger partial charge in [0, 0.05) is 13.7 Å². The monoisotopic (exact) mass is 343 g/mol. The van der Waals surface area contributed by atoms with E-state index < -0.39 is 28.1 Å². The molecule has 8 heteroatoms. The molecule has 0 aromatic heterocycles. The Morgan fingerprint density at radius 3 is 2.74 bits per heavy atom. The zero-order valence-corrected chi connectivity index (χ0v) is 13.7. The Kier molecular flexibility index (Phi) is 6.11. The van der Waals surface area contributed by atoms with Crippen LogP contribution < -0.4 is 0 Å². The lowest BCUT2D eigenvalue weighted by atomic mass is 10.1. The van der Waals surface area contributed by atoms with Crippen LogP contribution in [0.5, 0.6) is 0 Å². The molecule has 0 radical (unpaired) electrons. The van der Waals surface area contributed by atoms with E-state index in [0.29, 0.717) is 6.42 Å². The van der Waals surface area contributed by atoms with E-state index in [1.807, 2.05) is 30.3 Å². The minimum absolute atomic E-state index is 0.0427. The summed E-state index contributed by atoms with van der Waals surface area (Å²) in [5.41, 5.74) is 0.964. The number of methoxy groups -OCH3 is 1. The van der Waals surface area contributed by atoms with Crippen LogP contribution >= 0.6 is 0 Å². The van der Waals surface area contributed by atoms with Gasteiger partial charge < -0.3 is 14.6 Å². The van der Waals surface area contributed by atoms with Crippen LogP contribution in [0.2, 0.25) is 0 Å². The Labute approximate surface area is 135 Å². The molecule has 1 fully saturated rings.